The Morgan fingerprint density at radius 1 is 1.13 bits per heavy atom. The van der Waals surface area contributed by atoms with Crippen molar-refractivity contribution in [3.05, 3.63) is 24.4 Å². The third kappa shape index (κ3) is 2.98. The number of hydrogen-bond donors (Lipinski definition) is 2. The number of fused-ring (bicyclic) bond motifs is 1. The highest BCUT2D eigenvalue weighted by atomic mass is 32.2. The number of rotatable bonds is 3. The molecule has 0 spiro atoms. The van der Waals surface area contributed by atoms with Crippen molar-refractivity contribution in [3.8, 4) is 0 Å². The molecule has 0 saturated carbocycles. The van der Waals surface area contributed by atoms with E-state index in [-0.39, 0.29) is 0 Å². The molecule has 2 N–H and O–H groups in total. The zero-order valence-corrected chi connectivity index (χ0v) is 14.7. The van der Waals surface area contributed by atoms with Crippen LogP contribution in [0.25, 0.3) is 10.9 Å². The van der Waals surface area contributed by atoms with Crippen molar-refractivity contribution in [2.75, 3.05) is 11.0 Å². The molecule has 6 nitrogen and oxygen atoms in total. The lowest BCUT2D eigenvalue weighted by Gasteiger charge is -2.32. The van der Waals surface area contributed by atoms with Gasteiger partial charge in [-0.05, 0) is 51.4 Å². The molecule has 8 heteroatoms. The first-order valence-electron chi connectivity index (χ1n) is 7.43. The van der Waals surface area contributed by atoms with Gasteiger partial charge in [-0.15, -0.1) is 0 Å². The van der Waals surface area contributed by atoms with Crippen LogP contribution in [0.5, 0.6) is 0 Å². The summed E-state index contributed by atoms with van der Waals surface area (Å²) >= 11 is 0. The largest absolute Gasteiger partial charge is 0.494 e. The van der Waals surface area contributed by atoms with Crippen LogP contribution in [0.15, 0.2) is 24.4 Å². The molecular weight excluding hydrogens is 315 g/mol. The van der Waals surface area contributed by atoms with Crippen LogP contribution in [0, 0.1) is 0 Å². The van der Waals surface area contributed by atoms with E-state index in [0.29, 0.717) is 5.69 Å². The van der Waals surface area contributed by atoms with Crippen LogP contribution in [0.3, 0.4) is 0 Å². The second-order valence-electron chi connectivity index (χ2n) is 6.97. The molecule has 1 aliphatic heterocycles. The molecule has 124 valence electrons. The van der Waals surface area contributed by atoms with Crippen LogP contribution < -0.4 is 10.2 Å². The smallest absolute Gasteiger partial charge is 0.399 e. The number of benzene rings is 1. The SMILES string of the molecule is CC1(C)OB(c2cc(NS(C)(=O)=O)c3cc[nH]c3c2)OC1(C)C. The molecule has 2 heterocycles. The molecule has 1 saturated heterocycles. The van der Waals surface area contributed by atoms with E-state index in [1.807, 2.05) is 39.8 Å². The Kier molecular flexibility index (Phi) is 3.55. The van der Waals surface area contributed by atoms with Gasteiger partial charge in [0.2, 0.25) is 10.0 Å². The predicted octanol–water partition coefficient (Wildman–Crippen LogP) is 1.84. The highest BCUT2D eigenvalue weighted by molar-refractivity contribution is 7.92. The average molecular weight is 336 g/mol. The van der Waals surface area contributed by atoms with Gasteiger partial charge in [0, 0.05) is 17.1 Å². The van der Waals surface area contributed by atoms with E-state index in [2.05, 4.69) is 9.71 Å². The number of nitrogens with one attached hydrogen (secondary N) is 2. The number of aromatic nitrogens is 1. The summed E-state index contributed by atoms with van der Waals surface area (Å²) in [7, 11) is -3.93. The van der Waals surface area contributed by atoms with Gasteiger partial charge < -0.3 is 14.3 Å². The molecule has 1 aromatic heterocycles. The van der Waals surface area contributed by atoms with Gasteiger partial charge in [0.1, 0.15) is 0 Å². The lowest BCUT2D eigenvalue weighted by Crippen LogP contribution is -2.41. The molecule has 0 atom stereocenters. The van der Waals surface area contributed by atoms with Gasteiger partial charge in [-0.1, -0.05) is 0 Å². The highest BCUT2D eigenvalue weighted by Crippen LogP contribution is 2.37. The Morgan fingerprint density at radius 3 is 2.30 bits per heavy atom. The summed E-state index contributed by atoms with van der Waals surface area (Å²) in [6, 6.07) is 5.52. The Labute approximate surface area is 136 Å². The quantitative estimate of drug-likeness (QED) is 0.838. The average Bonchev–Trinajstić information content (AvgIpc) is 2.90. The predicted molar refractivity (Wildman–Crippen MR) is 92.5 cm³/mol. The number of hydrogen-bond acceptors (Lipinski definition) is 4. The van der Waals surface area contributed by atoms with Crippen LogP contribution >= 0.6 is 0 Å². The first kappa shape index (κ1) is 16.4. The number of aromatic amines is 1. The normalized spacial score (nSPS) is 20.1. The number of anilines is 1. The Hall–Kier alpha value is -1.51. The van der Waals surface area contributed by atoms with Crippen molar-refractivity contribution >= 4 is 39.2 Å². The van der Waals surface area contributed by atoms with Crippen molar-refractivity contribution in [2.45, 2.75) is 38.9 Å². The second-order valence-corrected chi connectivity index (χ2v) is 8.72. The molecule has 1 fully saturated rings. The summed E-state index contributed by atoms with van der Waals surface area (Å²) in [4.78, 5) is 3.11. The van der Waals surface area contributed by atoms with E-state index in [4.69, 9.17) is 9.31 Å². The molecule has 0 unspecified atom stereocenters. The molecule has 0 aliphatic carbocycles. The maximum atomic E-state index is 11.6. The van der Waals surface area contributed by atoms with Gasteiger partial charge in [0.25, 0.3) is 0 Å². The summed E-state index contributed by atoms with van der Waals surface area (Å²) in [5, 5.41) is 0.802. The Morgan fingerprint density at radius 2 is 1.74 bits per heavy atom. The third-order valence-corrected chi connectivity index (χ3v) is 5.10. The number of H-pyrrole nitrogens is 1. The molecule has 23 heavy (non-hydrogen) atoms. The minimum atomic E-state index is -3.38. The second kappa shape index (κ2) is 4.99. The van der Waals surface area contributed by atoms with Crippen molar-refractivity contribution in [1.29, 1.82) is 0 Å². The van der Waals surface area contributed by atoms with E-state index >= 15 is 0 Å². The fourth-order valence-electron chi connectivity index (χ4n) is 2.59. The molecular formula is C15H21BN2O4S. The lowest BCUT2D eigenvalue weighted by atomic mass is 9.78. The maximum absolute atomic E-state index is 11.6. The summed E-state index contributed by atoms with van der Waals surface area (Å²) < 4.78 is 37.9. The van der Waals surface area contributed by atoms with E-state index in [1.165, 1.54) is 0 Å². The van der Waals surface area contributed by atoms with Crippen molar-refractivity contribution < 1.29 is 17.7 Å². The minimum Gasteiger partial charge on any atom is -0.399 e. The molecule has 2 aromatic rings. The Balaban J connectivity index is 2.06. The topological polar surface area (TPSA) is 80.4 Å². The van der Waals surface area contributed by atoms with Gasteiger partial charge in [-0.2, -0.15) is 0 Å². The maximum Gasteiger partial charge on any atom is 0.494 e. The number of sulfonamides is 1. The van der Waals surface area contributed by atoms with Crippen molar-refractivity contribution in [1.82, 2.24) is 4.98 Å². The standard InChI is InChI=1S/C15H21BN2O4S/c1-14(2)15(3,4)22-16(21-14)10-8-12-11(6-7-17-12)13(9-10)18-23(5,19)20/h6-9,17-18H,1-5H3. The molecule has 0 bridgehead atoms. The van der Waals surface area contributed by atoms with Crippen LogP contribution in [0.1, 0.15) is 27.7 Å². The Bertz CT molecular complexity index is 841. The van der Waals surface area contributed by atoms with Gasteiger partial charge in [0.05, 0.1) is 23.1 Å². The van der Waals surface area contributed by atoms with E-state index in [0.717, 1.165) is 22.6 Å². The fourth-order valence-corrected chi connectivity index (χ4v) is 3.16. The third-order valence-electron chi connectivity index (χ3n) is 4.51. The van der Waals surface area contributed by atoms with Crippen molar-refractivity contribution in [2.24, 2.45) is 0 Å². The molecule has 1 aliphatic rings. The van der Waals surface area contributed by atoms with Gasteiger partial charge in [0.15, 0.2) is 0 Å². The summed E-state index contributed by atoms with van der Waals surface area (Å²) in [6.45, 7) is 7.93. The van der Waals surface area contributed by atoms with Crippen LogP contribution in [-0.4, -0.2) is 38.0 Å². The van der Waals surface area contributed by atoms with E-state index in [1.54, 1.807) is 12.3 Å². The van der Waals surface area contributed by atoms with Gasteiger partial charge in [-0.25, -0.2) is 8.42 Å². The fraction of sp³-hybridized carbons (Fsp3) is 0.467. The van der Waals surface area contributed by atoms with E-state index in [9.17, 15) is 8.42 Å². The van der Waals surface area contributed by atoms with Crippen LogP contribution in [-0.2, 0) is 19.3 Å². The molecule has 1 aromatic carbocycles. The van der Waals surface area contributed by atoms with Crippen LogP contribution in [0.2, 0.25) is 0 Å². The van der Waals surface area contributed by atoms with Crippen molar-refractivity contribution in [3.63, 3.8) is 0 Å². The minimum absolute atomic E-state index is 0.452. The first-order valence-corrected chi connectivity index (χ1v) is 9.32. The van der Waals surface area contributed by atoms with E-state index < -0.39 is 28.3 Å². The van der Waals surface area contributed by atoms with Gasteiger partial charge in [-0.3, -0.25) is 4.72 Å². The summed E-state index contributed by atoms with van der Waals surface area (Å²) in [5.41, 5.74) is 1.20. The zero-order valence-electron chi connectivity index (χ0n) is 13.9. The monoisotopic (exact) mass is 336 g/mol. The van der Waals surface area contributed by atoms with Crippen LogP contribution in [0.4, 0.5) is 5.69 Å². The highest BCUT2D eigenvalue weighted by Gasteiger charge is 2.51. The first-order chi connectivity index (χ1) is 10.5. The lowest BCUT2D eigenvalue weighted by molar-refractivity contribution is 0.00578. The molecule has 0 radical (unpaired) electrons. The summed E-state index contributed by atoms with van der Waals surface area (Å²) in [6.07, 6.45) is 2.90. The summed E-state index contributed by atoms with van der Waals surface area (Å²) in [5.74, 6) is 0. The van der Waals surface area contributed by atoms with Gasteiger partial charge >= 0.3 is 7.12 Å². The molecule has 0 amide bonds. The molecule has 3 rings (SSSR count). The zero-order chi connectivity index (χ0) is 17.0.